The third-order valence-electron chi connectivity index (χ3n) is 6.85. The van der Waals surface area contributed by atoms with Gasteiger partial charge in [-0.05, 0) is 75.5 Å². The van der Waals surface area contributed by atoms with E-state index in [2.05, 4.69) is 12.8 Å². The Morgan fingerprint density at radius 3 is 2.29 bits per heavy atom. The van der Waals surface area contributed by atoms with Crippen LogP contribution in [0, 0.1) is 30.1 Å². The Balaban J connectivity index is 1.46. The van der Waals surface area contributed by atoms with Crippen LogP contribution in [0.2, 0.25) is 0 Å². The molecule has 0 aromatic carbocycles. The second-order valence-corrected chi connectivity index (χ2v) is 8.46. The fourth-order valence-electron chi connectivity index (χ4n) is 5.29. The largest absolute Gasteiger partial charge is 0.353 e. The van der Waals surface area contributed by atoms with Crippen LogP contribution in [-0.4, -0.2) is 18.5 Å². The minimum absolute atomic E-state index is 0.0594. The Labute approximate surface area is 149 Å². The summed E-state index contributed by atoms with van der Waals surface area (Å²) in [7, 11) is 0. The van der Waals surface area contributed by atoms with Crippen molar-refractivity contribution in [2.45, 2.75) is 102 Å². The SMILES string of the molecule is C#CC1(OC2CCCCO2)CCC(C2CCC(CCC)CC2)CC1. The number of hydrogen-bond donors (Lipinski definition) is 0. The summed E-state index contributed by atoms with van der Waals surface area (Å²) in [5, 5.41) is 0. The van der Waals surface area contributed by atoms with Crippen molar-refractivity contribution in [2.75, 3.05) is 6.61 Å². The molecule has 0 bridgehead atoms. The normalized spacial score (nSPS) is 40.8. The van der Waals surface area contributed by atoms with Crippen molar-refractivity contribution in [1.29, 1.82) is 0 Å². The number of hydrogen-bond acceptors (Lipinski definition) is 2. The second-order valence-electron chi connectivity index (χ2n) is 8.46. The highest BCUT2D eigenvalue weighted by atomic mass is 16.7. The van der Waals surface area contributed by atoms with Crippen molar-refractivity contribution in [2.24, 2.45) is 17.8 Å². The maximum Gasteiger partial charge on any atom is 0.159 e. The maximum atomic E-state index is 6.30. The fraction of sp³-hybridized carbons (Fsp3) is 0.909. The van der Waals surface area contributed by atoms with E-state index >= 15 is 0 Å². The summed E-state index contributed by atoms with van der Waals surface area (Å²) >= 11 is 0. The lowest BCUT2D eigenvalue weighted by molar-refractivity contribution is -0.217. The predicted octanol–water partition coefficient (Wildman–Crippen LogP) is 5.70. The molecule has 2 aliphatic carbocycles. The van der Waals surface area contributed by atoms with Gasteiger partial charge in [0.05, 0.1) is 0 Å². The molecule has 1 aliphatic heterocycles. The van der Waals surface area contributed by atoms with Crippen LogP contribution in [0.5, 0.6) is 0 Å². The summed E-state index contributed by atoms with van der Waals surface area (Å²) in [5.74, 6) is 5.84. The molecular formula is C22H36O2. The van der Waals surface area contributed by atoms with Gasteiger partial charge in [0, 0.05) is 6.61 Å². The minimum atomic E-state index is -0.349. The topological polar surface area (TPSA) is 18.5 Å². The zero-order valence-electron chi connectivity index (χ0n) is 15.6. The fourth-order valence-corrected chi connectivity index (χ4v) is 5.29. The molecule has 0 N–H and O–H groups in total. The maximum absolute atomic E-state index is 6.30. The molecule has 136 valence electrons. The van der Waals surface area contributed by atoms with Gasteiger partial charge in [-0.1, -0.05) is 38.5 Å². The van der Waals surface area contributed by atoms with Crippen LogP contribution in [0.3, 0.4) is 0 Å². The monoisotopic (exact) mass is 332 g/mol. The number of ether oxygens (including phenoxy) is 2. The molecule has 2 heteroatoms. The first-order valence-corrected chi connectivity index (χ1v) is 10.5. The van der Waals surface area contributed by atoms with Gasteiger partial charge >= 0.3 is 0 Å². The molecule has 0 spiro atoms. The Hall–Kier alpha value is -0.520. The summed E-state index contributed by atoms with van der Waals surface area (Å²) in [5.41, 5.74) is -0.349. The van der Waals surface area contributed by atoms with E-state index in [0.29, 0.717) is 0 Å². The first-order valence-electron chi connectivity index (χ1n) is 10.5. The summed E-state index contributed by atoms with van der Waals surface area (Å²) in [4.78, 5) is 0. The van der Waals surface area contributed by atoms with Crippen molar-refractivity contribution in [3.8, 4) is 12.3 Å². The van der Waals surface area contributed by atoms with E-state index in [-0.39, 0.29) is 11.9 Å². The highest BCUT2D eigenvalue weighted by Crippen LogP contribution is 2.44. The summed E-state index contributed by atoms with van der Waals surface area (Å²) in [6.07, 6.45) is 22.4. The Bertz CT molecular complexity index is 402. The van der Waals surface area contributed by atoms with Gasteiger partial charge in [-0.2, -0.15) is 0 Å². The molecule has 1 unspecified atom stereocenters. The van der Waals surface area contributed by atoms with Gasteiger partial charge in [0.1, 0.15) is 5.60 Å². The van der Waals surface area contributed by atoms with Gasteiger partial charge in [-0.15, -0.1) is 6.42 Å². The molecular weight excluding hydrogens is 296 g/mol. The summed E-state index contributed by atoms with van der Waals surface area (Å²) < 4.78 is 12.1. The van der Waals surface area contributed by atoms with E-state index in [1.54, 1.807) is 0 Å². The van der Waals surface area contributed by atoms with E-state index in [1.165, 1.54) is 57.8 Å². The average molecular weight is 333 g/mol. The van der Waals surface area contributed by atoms with Gasteiger partial charge in [0.25, 0.3) is 0 Å². The highest BCUT2D eigenvalue weighted by molar-refractivity contribution is 5.11. The first-order chi connectivity index (χ1) is 11.7. The van der Waals surface area contributed by atoms with Crippen LogP contribution in [0.1, 0.15) is 90.4 Å². The Morgan fingerprint density at radius 1 is 1.00 bits per heavy atom. The van der Waals surface area contributed by atoms with Crippen LogP contribution < -0.4 is 0 Å². The summed E-state index contributed by atoms with van der Waals surface area (Å²) in [6, 6.07) is 0. The molecule has 0 aromatic rings. The Kier molecular flexibility index (Phi) is 6.64. The van der Waals surface area contributed by atoms with E-state index in [9.17, 15) is 0 Å². The molecule has 3 aliphatic rings. The third-order valence-corrected chi connectivity index (χ3v) is 6.85. The van der Waals surface area contributed by atoms with Crippen molar-refractivity contribution in [3.63, 3.8) is 0 Å². The molecule has 2 saturated carbocycles. The minimum Gasteiger partial charge on any atom is -0.353 e. The molecule has 3 fully saturated rings. The average Bonchev–Trinajstić information content (AvgIpc) is 2.64. The second kappa shape index (κ2) is 8.72. The van der Waals surface area contributed by atoms with E-state index in [4.69, 9.17) is 15.9 Å². The predicted molar refractivity (Wildman–Crippen MR) is 98.6 cm³/mol. The lowest BCUT2D eigenvalue weighted by Crippen LogP contribution is -2.42. The molecule has 1 saturated heterocycles. The molecule has 24 heavy (non-hydrogen) atoms. The quantitative estimate of drug-likeness (QED) is 0.601. The van der Waals surface area contributed by atoms with Crippen molar-refractivity contribution < 1.29 is 9.47 Å². The van der Waals surface area contributed by atoms with E-state index in [0.717, 1.165) is 50.0 Å². The van der Waals surface area contributed by atoms with Crippen molar-refractivity contribution in [1.82, 2.24) is 0 Å². The third kappa shape index (κ3) is 4.55. The summed E-state index contributed by atoms with van der Waals surface area (Å²) in [6.45, 7) is 3.15. The number of terminal acetylenes is 1. The van der Waals surface area contributed by atoms with Gasteiger partial charge in [-0.3, -0.25) is 0 Å². The Morgan fingerprint density at radius 2 is 1.71 bits per heavy atom. The van der Waals surface area contributed by atoms with Crippen molar-refractivity contribution >= 4 is 0 Å². The van der Waals surface area contributed by atoms with Gasteiger partial charge < -0.3 is 9.47 Å². The molecule has 1 atom stereocenters. The lowest BCUT2D eigenvalue weighted by Gasteiger charge is -2.42. The van der Waals surface area contributed by atoms with E-state index in [1.807, 2.05) is 0 Å². The molecule has 0 radical (unpaired) electrons. The molecule has 2 nitrogen and oxygen atoms in total. The highest BCUT2D eigenvalue weighted by Gasteiger charge is 2.40. The molecule has 0 aromatic heterocycles. The van der Waals surface area contributed by atoms with Crippen molar-refractivity contribution in [3.05, 3.63) is 0 Å². The molecule has 1 heterocycles. The standard InChI is InChI=1S/C22H36O2/c1-3-7-18-9-11-19(12-10-18)20-13-15-22(4-2,16-14-20)24-21-8-5-6-17-23-21/h2,18-21H,3,5-17H2,1H3. The molecule has 0 amide bonds. The van der Waals surface area contributed by atoms with Crippen LogP contribution in [0.25, 0.3) is 0 Å². The van der Waals surface area contributed by atoms with Crippen LogP contribution >= 0.6 is 0 Å². The van der Waals surface area contributed by atoms with Gasteiger partial charge in [0.2, 0.25) is 0 Å². The lowest BCUT2D eigenvalue weighted by atomic mass is 9.68. The molecule has 3 rings (SSSR count). The van der Waals surface area contributed by atoms with E-state index < -0.39 is 0 Å². The zero-order chi connectivity index (χ0) is 16.8. The van der Waals surface area contributed by atoms with Crippen LogP contribution in [0.15, 0.2) is 0 Å². The van der Waals surface area contributed by atoms with Crippen LogP contribution in [-0.2, 0) is 9.47 Å². The number of rotatable bonds is 5. The van der Waals surface area contributed by atoms with Gasteiger partial charge in [0.15, 0.2) is 6.29 Å². The first kappa shape index (κ1) is 18.3. The van der Waals surface area contributed by atoms with Crippen LogP contribution in [0.4, 0.5) is 0 Å². The zero-order valence-corrected chi connectivity index (χ0v) is 15.6. The smallest absolute Gasteiger partial charge is 0.159 e. The van der Waals surface area contributed by atoms with Gasteiger partial charge in [-0.25, -0.2) is 0 Å².